The average Bonchev–Trinajstić information content (AvgIpc) is 2.29. The third-order valence-corrected chi connectivity index (χ3v) is 3.05. The first-order valence-electron chi connectivity index (χ1n) is 5.11. The molecule has 0 bridgehead atoms. The fraction of sp³-hybridized carbons (Fsp3) is 0.364. The lowest BCUT2D eigenvalue weighted by Crippen LogP contribution is -2.17. The van der Waals surface area contributed by atoms with Gasteiger partial charge in [0.15, 0.2) is 11.5 Å². The summed E-state index contributed by atoms with van der Waals surface area (Å²) in [6.07, 6.45) is 0.131. The highest BCUT2D eigenvalue weighted by molar-refractivity contribution is 9.10. The summed E-state index contributed by atoms with van der Waals surface area (Å²) >= 11 is 3.20. The molecule has 0 radical (unpaired) electrons. The highest BCUT2D eigenvalue weighted by Gasteiger charge is 2.22. The van der Waals surface area contributed by atoms with Crippen molar-refractivity contribution in [1.29, 1.82) is 0 Å². The van der Waals surface area contributed by atoms with E-state index in [0.717, 1.165) is 0 Å². The Hall–Kier alpha value is -1.43. The lowest BCUT2D eigenvalue weighted by Gasteiger charge is -2.22. The fourth-order valence-corrected chi connectivity index (χ4v) is 2.12. The quantitative estimate of drug-likeness (QED) is 0.892. The molecular formula is C11H11BrO5. The van der Waals surface area contributed by atoms with Gasteiger partial charge in [0.25, 0.3) is 0 Å². The predicted octanol–water partition coefficient (Wildman–Crippen LogP) is 1.94. The first-order valence-corrected chi connectivity index (χ1v) is 5.90. The zero-order chi connectivity index (χ0) is 12.4. The van der Waals surface area contributed by atoms with Gasteiger partial charge in [0, 0.05) is 18.1 Å². The average molecular weight is 303 g/mol. The number of halogens is 1. The van der Waals surface area contributed by atoms with Crippen molar-refractivity contribution in [3.63, 3.8) is 0 Å². The molecular weight excluding hydrogens is 292 g/mol. The van der Waals surface area contributed by atoms with Crippen molar-refractivity contribution in [3.8, 4) is 17.2 Å². The molecule has 0 atom stereocenters. The number of hydrogen-bond acceptors (Lipinski definition) is 4. The van der Waals surface area contributed by atoms with Crippen LogP contribution in [0, 0.1) is 0 Å². The van der Waals surface area contributed by atoms with Gasteiger partial charge in [-0.1, -0.05) is 0 Å². The number of benzene rings is 1. The number of phenols is 1. The van der Waals surface area contributed by atoms with Crippen LogP contribution in [0.1, 0.15) is 12.0 Å². The highest BCUT2D eigenvalue weighted by atomic mass is 79.9. The number of fused-ring (bicyclic) bond motifs is 1. The number of rotatable bonds is 3. The summed E-state index contributed by atoms with van der Waals surface area (Å²) in [5.41, 5.74) is 0.469. The van der Waals surface area contributed by atoms with E-state index in [4.69, 9.17) is 14.6 Å². The van der Waals surface area contributed by atoms with Gasteiger partial charge in [-0.3, -0.25) is 4.79 Å². The van der Waals surface area contributed by atoms with Crippen molar-refractivity contribution >= 4 is 21.9 Å². The first kappa shape index (κ1) is 12.0. The molecule has 5 nitrogen and oxygen atoms in total. The van der Waals surface area contributed by atoms with Gasteiger partial charge in [0.05, 0.1) is 4.47 Å². The van der Waals surface area contributed by atoms with Crippen LogP contribution >= 0.6 is 15.9 Å². The smallest absolute Gasteiger partial charge is 0.303 e. The Bertz CT molecular complexity index is 458. The standard InChI is InChI=1S/C11H11BrO5/c12-7-5-8-11(17-4-3-16-8)6(10(7)15)1-2-9(13)14/h5,15H,1-4H2,(H,13,14). The number of carboxylic acids is 1. The summed E-state index contributed by atoms with van der Waals surface area (Å²) in [5.74, 6) is 0.0601. The van der Waals surface area contributed by atoms with Crippen molar-refractivity contribution in [2.24, 2.45) is 0 Å². The Morgan fingerprint density at radius 2 is 2.12 bits per heavy atom. The molecule has 1 aromatic rings. The SMILES string of the molecule is O=C(O)CCc1c(O)c(Br)cc2c1OCCO2. The van der Waals surface area contributed by atoms with E-state index in [9.17, 15) is 9.90 Å². The monoisotopic (exact) mass is 302 g/mol. The Morgan fingerprint density at radius 1 is 1.41 bits per heavy atom. The summed E-state index contributed by atoms with van der Waals surface area (Å²) in [7, 11) is 0. The van der Waals surface area contributed by atoms with Crippen LogP contribution in [0.3, 0.4) is 0 Å². The van der Waals surface area contributed by atoms with Crippen LogP contribution in [0.2, 0.25) is 0 Å². The van der Waals surface area contributed by atoms with Crippen LogP contribution in [0.25, 0.3) is 0 Å². The number of carbonyl (C=O) groups is 1. The minimum absolute atomic E-state index is 0.00972. The number of carboxylic acid groups (broad SMARTS) is 1. The van der Waals surface area contributed by atoms with Gasteiger partial charge in [-0.25, -0.2) is 0 Å². The molecule has 0 amide bonds. The minimum atomic E-state index is -0.921. The van der Waals surface area contributed by atoms with Gasteiger partial charge in [-0.2, -0.15) is 0 Å². The van der Waals surface area contributed by atoms with E-state index in [-0.39, 0.29) is 18.6 Å². The first-order chi connectivity index (χ1) is 8.09. The molecule has 0 saturated heterocycles. The zero-order valence-electron chi connectivity index (χ0n) is 8.90. The molecule has 0 aromatic heterocycles. The number of phenolic OH excluding ortho intramolecular Hbond substituents is 1. The summed E-state index contributed by atoms with van der Waals surface area (Å²) in [6.45, 7) is 0.844. The van der Waals surface area contributed by atoms with Crippen molar-refractivity contribution in [2.45, 2.75) is 12.8 Å². The maximum atomic E-state index is 10.6. The molecule has 0 saturated carbocycles. The van der Waals surface area contributed by atoms with Gasteiger partial charge in [0.2, 0.25) is 0 Å². The fourth-order valence-electron chi connectivity index (χ4n) is 1.67. The van der Waals surface area contributed by atoms with E-state index in [1.165, 1.54) is 0 Å². The van der Waals surface area contributed by atoms with E-state index in [1.54, 1.807) is 6.07 Å². The number of aliphatic carboxylic acids is 1. The maximum absolute atomic E-state index is 10.6. The van der Waals surface area contributed by atoms with E-state index in [1.807, 2.05) is 0 Å². The Morgan fingerprint density at radius 3 is 2.82 bits per heavy atom. The zero-order valence-corrected chi connectivity index (χ0v) is 10.5. The highest BCUT2D eigenvalue weighted by Crippen LogP contribution is 2.44. The molecule has 0 spiro atoms. The number of ether oxygens (including phenoxy) is 2. The molecule has 92 valence electrons. The van der Waals surface area contributed by atoms with Crippen LogP contribution in [0.15, 0.2) is 10.5 Å². The maximum Gasteiger partial charge on any atom is 0.303 e. The molecule has 17 heavy (non-hydrogen) atoms. The number of hydrogen-bond donors (Lipinski definition) is 2. The second-order valence-corrected chi connectivity index (χ2v) is 4.46. The van der Waals surface area contributed by atoms with Crippen molar-refractivity contribution in [2.75, 3.05) is 13.2 Å². The molecule has 1 aliphatic heterocycles. The van der Waals surface area contributed by atoms with Crippen LogP contribution in [0.4, 0.5) is 0 Å². The van der Waals surface area contributed by atoms with Crippen molar-refractivity contribution in [3.05, 3.63) is 16.1 Å². The molecule has 0 aliphatic carbocycles. The second kappa shape index (κ2) is 4.83. The topological polar surface area (TPSA) is 76.0 Å². The van der Waals surface area contributed by atoms with E-state index in [2.05, 4.69) is 15.9 Å². The summed E-state index contributed by atoms with van der Waals surface area (Å²) in [5, 5.41) is 18.6. The minimum Gasteiger partial charge on any atom is -0.506 e. The Kier molecular flexibility index (Phi) is 3.42. The summed E-state index contributed by atoms with van der Waals surface area (Å²) < 4.78 is 11.3. The summed E-state index contributed by atoms with van der Waals surface area (Å²) in [4.78, 5) is 10.6. The van der Waals surface area contributed by atoms with Crippen LogP contribution in [-0.4, -0.2) is 29.4 Å². The Balaban J connectivity index is 2.39. The molecule has 6 heteroatoms. The third-order valence-electron chi connectivity index (χ3n) is 2.44. The van der Waals surface area contributed by atoms with Crippen molar-refractivity contribution < 1.29 is 24.5 Å². The van der Waals surface area contributed by atoms with Crippen LogP contribution in [0.5, 0.6) is 17.2 Å². The largest absolute Gasteiger partial charge is 0.506 e. The lowest BCUT2D eigenvalue weighted by atomic mass is 10.1. The summed E-state index contributed by atoms with van der Waals surface area (Å²) in [6, 6.07) is 1.62. The van der Waals surface area contributed by atoms with Gasteiger partial charge in [-0.05, 0) is 22.4 Å². The van der Waals surface area contributed by atoms with Gasteiger partial charge in [0.1, 0.15) is 19.0 Å². The molecule has 0 fully saturated rings. The molecule has 2 N–H and O–H groups in total. The number of aromatic hydroxyl groups is 1. The third kappa shape index (κ3) is 2.46. The molecule has 1 heterocycles. The molecule has 1 aliphatic rings. The Labute approximate surface area is 106 Å². The van der Waals surface area contributed by atoms with Gasteiger partial charge in [-0.15, -0.1) is 0 Å². The van der Waals surface area contributed by atoms with E-state index >= 15 is 0 Å². The van der Waals surface area contributed by atoms with Gasteiger partial charge >= 0.3 is 5.97 Å². The molecule has 0 unspecified atom stereocenters. The lowest BCUT2D eigenvalue weighted by molar-refractivity contribution is -0.136. The molecule has 2 rings (SSSR count). The van der Waals surface area contributed by atoms with Crippen LogP contribution in [-0.2, 0) is 11.2 Å². The predicted molar refractivity (Wildman–Crippen MR) is 62.8 cm³/mol. The van der Waals surface area contributed by atoms with E-state index < -0.39 is 5.97 Å². The van der Waals surface area contributed by atoms with Crippen LogP contribution < -0.4 is 9.47 Å². The molecule has 1 aromatic carbocycles. The van der Waals surface area contributed by atoms with Gasteiger partial charge < -0.3 is 19.7 Å². The van der Waals surface area contributed by atoms with E-state index in [0.29, 0.717) is 34.7 Å². The second-order valence-electron chi connectivity index (χ2n) is 3.60. The van der Waals surface area contributed by atoms with Crippen molar-refractivity contribution in [1.82, 2.24) is 0 Å². The normalized spacial score (nSPS) is 13.5.